The number of rotatable bonds is 2. The Morgan fingerprint density at radius 3 is 1.95 bits per heavy atom. The summed E-state index contributed by atoms with van der Waals surface area (Å²) in [5.41, 5.74) is 3.21. The number of carboxylic acids is 1. The molecular formula is C18H24N2O2. The molecule has 0 saturated heterocycles. The Morgan fingerprint density at radius 1 is 1.00 bits per heavy atom. The molecule has 1 aromatic heterocycles. The van der Waals surface area contributed by atoms with Crippen molar-refractivity contribution in [3.05, 3.63) is 47.3 Å². The zero-order valence-electron chi connectivity index (χ0n) is 14.1. The number of nitrogens with zero attached hydrogens (tertiary/aromatic N) is 2. The number of carbonyl (C=O) groups is 1. The van der Waals surface area contributed by atoms with Crippen molar-refractivity contribution in [1.82, 2.24) is 9.78 Å². The van der Waals surface area contributed by atoms with Gasteiger partial charge in [0.15, 0.2) is 0 Å². The summed E-state index contributed by atoms with van der Waals surface area (Å²) >= 11 is 0. The van der Waals surface area contributed by atoms with Gasteiger partial charge in [-0.15, -0.1) is 0 Å². The van der Waals surface area contributed by atoms with Gasteiger partial charge in [0.05, 0.1) is 16.9 Å². The Morgan fingerprint density at radius 2 is 1.55 bits per heavy atom. The lowest BCUT2D eigenvalue weighted by Gasteiger charge is -2.20. The van der Waals surface area contributed by atoms with Gasteiger partial charge in [-0.2, -0.15) is 5.10 Å². The van der Waals surface area contributed by atoms with Crippen LogP contribution in [0.25, 0.3) is 5.69 Å². The molecule has 0 atom stereocenters. The maximum absolute atomic E-state index is 11.0. The molecule has 0 radical (unpaired) electrons. The van der Waals surface area contributed by atoms with E-state index in [0.717, 1.165) is 17.1 Å². The molecule has 0 saturated carbocycles. The second kappa shape index (κ2) is 5.27. The van der Waals surface area contributed by atoms with Crippen LogP contribution in [0.2, 0.25) is 0 Å². The van der Waals surface area contributed by atoms with Gasteiger partial charge in [-0.3, -0.25) is 0 Å². The Bertz CT molecular complexity index is 683. The first kappa shape index (κ1) is 16.3. The quantitative estimate of drug-likeness (QED) is 0.905. The minimum absolute atomic E-state index is 0.0355. The molecule has 4 nitrogen and oxygen atoms in total. The van der Waals surface area contributed by atoms with Crippen molar-refractivity contribution < 1.29 is 9.90 Å². The van der Waals surface area contributed by atoms with E-state index in [1.165, 1.54) is 0 Å². The van der Waals surface area contributed by atoms with E-state index in [2.05, 4.69) is 47.6 Å². The maximum atomic E-state index is 11.0. The number of aromatic carboxylic acids is 1. The molecule has 22 heavy (non-hydrogen) atoms. The van der Waals surface area contributed by atoms with Crippen LogP contribution < -0.4 is 0 Å². The summed E-state index contributed by atoms with van der Waals surface area (Å²) in [6, 6.07) is 8.98. The first-order valence-electron chi connectivity index (χ1n) is 7.45. The van der Waals surface area contributed by atoms with Gasteiger partial charge in [0, 0.05) is 16.5 Å². The van der Waals surface area contributed by atoms with Gasteiger partial charge in [0.1, 0.15) is 0 Å². The summed E-state index contributed by atoms with van der Waals surface area (Å²) in [4.78, 5) is 11.0. The second-order valence-electron chi connectivity index (χ2n) is 7.68. The third-order valence-electron chi connectivity index (χ3n) is 3.61. The summed E-state index contributed by atoms with van der Waals surface area (Å²) in [6.07, 6.45) is 0. The molecule has 0 bridgehead atoms. The molecule has 4 heteroatoms. The highest BCUT2D eigenvalue weighted by Gasteiger charge is 2.26. The molecule has 0 aliphatic carbocycles. The largest absolute Gasteiger partial charge is 0.478 e. The Hall–Kier alpha value is -2.10. The van der Waals surface area contributed by atoms with E-state index < -0.39 is 5.97 Å². The molecule has 1 aromatic carbocycles. The van der Waals surface area contributed by atoms with Gasteiger partial charge in [-0.1, -0.05) is 41.5 Å². The average Bonchev–Trinajstić information content (AvgIpc) is 2.83. The lowest BCUT2D eigenvalue weighted by molar-refractivity contribution is 0.0697. The van der Waals surface area contributed by atoms with Crippen LogP contribution in [-0.2, 0) is 10.8 Å². The van der Waals surface area contributed by atoms with Crippen molar-refractivity contribution in [2.75, 3.05) is 0 Å². The third kappa shape index (κ3) is 3.21. The molecule has 0 unspecified atom stereocenters. The number of hydrogen-bond acceptors (Lipinski definition) is 2. The van der Waals surface area contributed by atoms with Crippen LogP contribution in [0.4, 0.5) is 0 Å². The van der Waals surface area contributed by atoms with Gasteiger partial charge < -0.3 is 5.11 Å². The smallest absolute Gasteiger partial charge is 0.335 e. The van der Waals surface area contributed by atoms with Crippen LogP contribution in [0.5, 0.6) is 0 Å². The highest BCUT2D eigenvalue weighted by Crippen LogP contribution is 2.30. The van der Waals surface area contributed by atoms with Crippen LogP contribution in [-0.4, -0.2) is 20.9 Å². The highest BCUT2D eigenvalue weighted by molar-refractivity contribution is 5.87. The Labute approximate surface area is 131 Å². The standard InChI is InChI=1S/C18H24N2O2/c1-17(2,3)14-11-15(18(4,5)6)20(19-14)13-9-7-12(8-10-13)16(21)22/h7-11H,1-6H3,(H,21,22). The number of carboxylic acid groups (broad SMARTS) is 1. The van der Waals surface area contributed by atoms with Crippen LogP contribution in [0.3, 0.4) is 0 Å². The topological polar surface area (TPSA) is 55.1 Å². The lowest BCUT2D eigenvalue weighted by atomic mass is 9.88. The van der Waals surface area contributed by atoms with Crippen LogP contribution >= 0.6 is 0 Å². The molecule has 0 aliphatic heterocycles. The van der Waals surface area contributed by atoms with E-state index in [1.54, 1.807) is 24.3 Å². The summed E-state index contributed by atoms with van der Waals surface area (Å²) in [5, 5.41) is 13.8. The van der Waals surface area contributed by atoms with Crippen molar-refractivity contribution in [3.8, 4) is 5.69 Å². The molecular weight excluding hydrogens is 276 g/mol. The van der Waals surface area contributed by atoms with Crippen molar-refractivity contribution in [2.45, 2.75) is 52.4 Å². The van der Waals surface area contributed by atoms with Crippen LogP contribution in [0, 0.1) is 0 Å². The fourth-order valence-electron chi connectivity index (χ4n) is 2.22. The van der Waals surface area contributed by atoms with Crippen LogP contribution in [0.1, 0.15) is 63.3 Å². The summed E-state index contributed by atoms with van der Waals surface area (Å²) in [5.74, 6) is -0.918. The van der Waals surface area contributed by atoms with E-state index in [4.69, 9.17) is 10.2 Å². The van der Waals surface area contributed by atoms with Crippen molar-refractivity contribution in [3.63, 3.8) is 0 Å². The molecule has 0 fully saturated rings. The maximum Gasteiger partial charge on any atom is 0.335 e. The average molecular weight is 300 g/mol. The third-order valence-corrected chi connectivity index (χ3v) is 3.61. The minimum Gasteiger partial charge on any atom is -0.478 e. The van der Waals surface area contributed by atoms with Crippen molar-refractivity contribution in [2.24, 2.45) is 0 Å². The second-order valence-corrected chi connectivity index (χ2v) is 7.68. The minimum atomic E-state index is -0.918. The first-order chi connectivity index (χ1) is 10.00. The van der Waals surface area contributed by atoms with E-state index in [9.17, 15) is 4.79 Å². The van der Waals surface area contributed by atoms with E-state index in [0.29, 0.717) is 0 Å². The zero-order chi connectivity index (χ0) is 16.7. The predicted molar refractivity (Wildman–Crippen MR) is 87.9 cm³/mol. The number of aromatic nitrogens is 2. The first-order valence-corrected chi connectivity index (χ1v) is 7.45. The summed E-state index contributed by atoms with van der Waals surface area (Å²) in [7, 11) is 0. The van der Waals surface area contributed by atoms with Gasteiger partial charge in [0.25, 0.3) is 0 Å². The highest BCUT2D eigenvalue weighted by atomic mass is 16.4. The number of hydrogen-bond donors (Lipinski definition) is 1. The molecule has 1 N–H and O–H groups in total. The van der Waals surface area contributed by atoms with E-state index in [-0.39, 0.29) is 16.4 Å². The van der Waals surface area contributed by atoms with Gasteiger partial charge in [0.2, 0.25) is 0 Å². The van der Waals surface area contributed by atoms with Gasteiger partial charge in [-0.05, 0) is 30.3 Å². The summed E-state index contributed by atoms with van der Waals surface area (Å²) < 4.78 is 1.92. The lowest BCUT2D eigenvalue weighted by Crippen LogP contribution is -2.17. The molecule has 1 heterocycles. The predicted octanol–water partition coefficient (Wildman–Crippen LogP) is 4.17. The molecule has 118 valence electrons. The van der Waals surface area contributed by atoms with Crippen molar-refractivity contribution in [1.29, 1.82) is 0 Å². The SMILES string of the molecule is CC(C)(C)c1cc(C(C)(C)C)n(-c2ccc(C(=O)O)cc2)n1. The Kier molecular flexibility index (Phi) is 3.90. The van der Waals surface area contributed by atoms with Gasteiger partial charge in [-0.25, -0.2) is 9.48 Å². The Balaban J connectivity index is 2.58. The molecule has 0 amide bonds. The number of benzene rings is 1. The van der Waals surface area contributed by atoms with Gasteiger partial charge >= 0.3 is 5.97 Å². The zero-order valence-corrected chi connectivity index (χ0v) is 14.1. The molecule has 2 rings (SSSR count). The fraction of sp³-hybridized carbons (Fsp3) is 0.444. The normalized spacial score (nSPS) is 12.5. The summed E-state index contributed by atoms with van der Waals surface area (Å²) in [6.45, 7) is 12.9. The van der Waals surface area contributed by atoms with E-state index >= 15 is 0 Å². The van der Waals surface area contributed by atoms with E-state index in [1.807, 2.05) is 4.68 Å². The molecule has 2 aromatic rings. The fourth-order valence-corrected chi connectivity index (χ4v) is 2.22. The van der Waals surface area contributed by atoms with Crippen LogP contribution in [0.15, 0.2) is 30.3 Å². The van der Waals surface area contributed by atoms with Crippen molar-refractivity contribution >= 4 is 5.97 Å². The monoisotopic (exact) mass is 300 g/mol. The molecule has 0 aliphatic rings. The molecule has 0 spiro atoms.